The molecule has 0 heterocycles. The third-order valence-corrected chi connectivity index (χ3v) is 5.90. The Balaban J connectivity index is 3.77. The molecule has 2 nitrogen and oxygen atoms in total. The Labute approximate surface area is 182 Å². The van der Waals surface area contributed by atoms with Crippen molar-refractivity contribution in [3.63, 3.8) is 0 Å². The first-order valence-corrected chi connectivity index (χ1v) is 13.0. The fourth-order valence-corrected chi connectivity index (χ4v) is 3.95. The lowest BCUT2D eigenvalue weighted by Crippen LogP contribution is -2.37. The maximum Gasteiger partial charge on any atom is 0.240 e. The van der Waals surface area contributed by atoms with Gasteiger partial charge in [-0.2, -0.15) is 0 Å². The smallest absolute Gasteiger partial charge is 0.240 e. The molecule has 0 saturated carbocycles. The second-order valence-electron chi connectivity index (χ2n) is 8.60. The van der Waals surface area contributed by atoms with Crippen LogP contribution in [0.5, 0.6) is 0 Å². The predicted octanol–water partition coefficient (Wildman–Crippen LogP) is 8.50. The zero-order valence-electron chi connectivity index (χ0n) is 19.5. The Kier molecular flexibility index (Phi) is 21.3. The maximum atomic E-state index is 12.4. The molecular weight excluding hydrogens is 366 g/mol. The number of rotatable bonds is 21. The van der Waals surface area contributed by atoms with Gasteiger partial charge in [-0.15, -0.1) is 11.6 Å². The van der Waals surface area contributed by atoms with Crippen molar-refractivity contribution >= 4 is 17.5 Å². The lowest BCUT2D eigenvalue weighted by Gasteiger charge is -2.24. The SMILES string of the molecule is CCCCCCCCCCCN(CCCCCCCCCCC)C(=O)C(C)Cl. The van der Waals surface area contributed by atoms with Gasteiger partial charge in [-0.3, -0.25) is 4.79 Å². The van der Waals surface area contributed by atoms with E-state index in [2.05, 4.69) is 13.8 Å². The maximum absolute atomic E-state index is 12.4. The van der Waals surface area contributed by atoms with E-state index in [4.69, 9.17) is 11.6 Å². The number of hydrogen-bond acceptors (Lipinski definition) is 1. The number of hydrogen-bond donors (Lipinski definition) is 0. The molecule has 28 heavy (non-hydrogen) atoms. The molecule has 1 unspecified atom stereocenters. The molecule has 0 bridgehead atoms. The average Bonchev–Trinajstić information content (AvgIpc) is 2.69. The van der Waals surface area contributed by atoms with E-state index < -0.39 is 5.38 Å². The number of carbonyl (C=O) groups is 1. The van der Waals surface area contributed by atoms with Crippen molar-refractivity contribution in [3.05, 3.63) is 0 Å². The summed E-state index contributed by atoms with van der Waals surface area (Å²) in [6.07, 6.45) is 23.8. The highest BCUT2D eigenvalue weighted by molar-refractivity contribution is 6.30. The fraction of sp³-hybridized carbons (Fsp3) is 0.960. The quantitative estimate of drug-likeness (QED) is 0.136. The third kappa shape index (κ3) is 17.8. The van der Waals surface area contributed by atoms with E-state index in [-0.39, 0.29) is 5.91 Å². The van der Waals surface area contributed by atoms with Crippen molar-refractivity contribution in [2.75, 3.05) is 13.1 Å². The topological polar surface area (TPSA) is 20.3 Å². The van der Waals surface area contributed by atoms with Crippen molar-refractivity contribution < 1.29 is 4.79 Å². The number of halogens is 1. The van der Waals surface area contributed by atoms with E-state index in [0.29, 0.717) is 0 Å². The highest BCUT2D eigenvalue weighted by Crippen LogP contribution is 2.13. The van der Waals surface area contributed by atoms with Crippen LogP contribution in [0.25, 0.3) is 0 Å². The van der Waals surface area contributed by atoms with Crippen molar-refractivity contribution in [1.29, 1.82) is 0 Å². The van der Waals surface area contributed by atoms with Crippen LogP contribution in [0.2, 0.25) is 0 Å². The van der Waals surface area contributed by atoms with Gasteiger partial charge in [0, 0.05) is 13.1 Å². The number of unbranched alkanes of at least 4 members (excludes halogenated alkanes) is 16. The zero-order valence-corrected chi connectivity index (χ0v) is 20.2. The monoisotopic (exact) mass is 415 g/mol. The summed E-state index contributed by atoms with van der Waals surface area (Å²) >= 11 is 6.08. The molecule has 0 aromatic rings. The van der Waals surface area contributed by atoms with Gasteiger partial charge < -0.3 is 4.90 Å². The van der Waals surface area contributed by atoms with Crippen molar-refractivity contribution in [2.24, 2.45) is 0 Å². The summed E-state index contributed by atoms with van der Waals surface area (Å²) in [4.78, 5) is 14.4. The van der Waals surface area contributed by atoms with Gasteiger partial charge in [0.05, 0.1) is 0 Å². The number of amides is 1. The molecule has 0 aliphatic heterocycles. The molecule has 3 heteroatoms. The summed E-state index contributed by atoms with van der Waals surface area (Å²) in [5, 5.41) is -0.392. The number of alkyl halides is 1. The number of nitrogens with zero attached hydrogens (tertiary/aromatic N) is 1. The van der Waals surface area contributed by atoms with Crippen LogP contribution in [-0.4, -0.2) is 29.3 Å². The van der Waals surface area contributed by atoms with Gasteiger partial charge in [0.25, 0.3) is 0 Å². The van der Waals surface area contributed by atoms with Gasteiger partial charge in [-0.1, -0.05) is 117 Å². The first-order valence-electron chi connectivity index (χ1n) is 12.6. The van der Waals surface area contributed by atoms with E-state index in [1.165, 1.54) is 103 Å². The normalized spacial score (nSPS) is 12.3. The molecule has 0 saturated heterocycles. The Morgan fingerprint density at radius 3 is 1.18 bits per heavy atom. The van der Waals surface area contributed by atoms with Crippen LogP contribution in [-0.2, 0) is 4.79 Å². The van der Waals surface area contributed by atoms with Crippen LogP contribution < -0.4 is 0 Å². The predicted molar refractivity (Wildman–Crippen MR) is 126 cm³/mol. The summed E-state index contributed by atoms with van der Waals surface area (Å²) in [7, 11) is 0. The summed E-state index contributed by atoms with van der Waals surface area (Å²) in [6, 6.07) is 0. The molecule has 0 aromatic heterocycles. The molecule has 0 fully saturated rings. The fourth-order valence-electron chi connectivity index (χ4n) is 3.81. The Hall–Kier alpha value is -0.240. The summed E-state index contributed by atoms with van der Waals surface area (Å²) in [5.41, 5.74) is 0. The minimum Gasteiger partial charge on any atom is -0.341 e. The summed E-state index contributed by atoms with van der Waals surface area (Å²) < 4.78 is 0. The molecule has 0 aromatic carbocycles. The number of carbonyl (C=O) groups excluding carboxylic acids is 1. The summed E-state index contributed by atoms with van der Waals surface area (Å²) in [6.45, 7) is 8.13. The van der Waals surface area contributed by atoms with Gasteiger partial charge >= 0.3 is 0 Å². The van der Waals surface area contributed by atoms with Crippen LogP contribution in [0.1, 0.15) is 136 Å². The second-order valence-corrected chi connectivity index (χ2v) is 9.25. The molecule has 1 amide bonds. The summed E-state index contributed by atoms with van der Waals surface area (Å²) in [5.74, 6) is 0.126. The molecule has 0 spiro atoms. The van der Waals surface area contributed by atoms with E-state index in [1.807, 2.05) is 11.8 Å². The van der Waals surface area contributed by atoms with Crippen molar-refractivity contribution in [1.82, 2.24) is 4.90 Å². The molecule has 0 radical (unpaired) electrons. The van der Waals surface area contributed by atoms with E-state index in [1.54, 1.807) is 0 Å². The average molecular weight is 416 g/mol. The lowest BCUT2D eigenvalue weighted by atomic mass is 10.1. The first kappa shape index (κ1) is 27.8. The third-order valence-electron chi connectivity index (χ3n) is 5.72. The molecule has 0 aliphatic rings. The minimum atomic E-state index is -0.392. The van der Waals surface area contributed by atoms with Gasteiger partial charge in [0.2, 0.25) is 5.91 Å². The first-order chi connectivity index (χ1) is 13.6. The van der Waals surface area contributed by atoms with Crippen LogP contribution in [0.15, 0.2) is 0 Å². The van der Waals surface area contributed by atoms with Crippen LogP contribution in [0, 0.1) is 0 Å². The molecule has 0 N–H and O–H groups in total. The molecule has 1 atom stereocenters. The second kappa shape index (κ2) is 21.5. The van der Waals surface area contributed by atoms with Crippen LogP contribution in [0.4, 0.5) is 0 Å². The Morgan fingerprint density at radius 2 is 0.893 bits per heavy atom. The Bertz CT molecular complexity index is 311. The van der Waals surface area contributed by atoms with Crippen LogP contribution in [0.3, 0.4) is 0 Å². The van der Waals surface area contributed by atoms with E-state index >= 15 is 0 Å². The van der Waals surface area contributed by atoms with Crippen LogP contribution >= 0.6 is 11.6 Å². The molecule has 0 rings (SSSR count). The standard InChI is InChI=1S/C25H50ClNO/c1-4-6-8-10-12-14-16-18-20-22-27(25(28)24(3)26)23-21-19-17-15-13-11-9-7-5-2/h24H,4-23H2,1-3H3. The van der Waals surface area contributed by atoms with Crippen molar-refractivity contribution in [2.45, 2.75) is 142 Å². The molecule has 0 aliphatic carbocycles. The highest BCUT2D eigenvalue weighted by atomic mass is 35.5. The molecular formula is C25H50ClNO. The van der Waals surface area contributed by atoms with Gasteiger partial charge in [-0.05, 0) is 19.8 Å². The van der Waals surface area contributed by atoms with Gasteiger partial charge in [0.15, 0.2) is 0 Å². The highest BCUT2D eigenvalue weighted by Gasteiger charge is 2.17. The van der Waals surface area contributed by atoms with Gasteiger partial charge in [-0.25, -0.2) is 0 Å². The Morgan fingerprint density at radius 1 is 0.607 bits per heavy atom. The zero-order chi connectivity index (χ0) is 20.9. The van der Waals surface area contributed by atoms with Crippen molar-refractivity contribution in [3.8, 4) is 0 Å². The van der Waals surface area contributed by atoms with Gasteiger partial charge in [0.1, 0.15) is 5.38 Å². The van der Waals surface area contributed by atoms with E-state index in [9.17, 15) is 4.79 Å². The minimum absolute atomic E-state index is 0.126. The largest absolute Gasteiger partial charge is 0.341 e. The molecule has 168 valence electrons. The van der Waals surface area contributed by atoms with E-state index in [0.717, 1.165) is 25.9 Å². The lowest BCUT2D eigenvalue weighted by molar-refractivity contribution is -0.130.